The van der Waals surface area contributed by atoms with Gasteiger partial charge >= 0.3 is 6.03 Å². The number of piperidine rings is 1. The first-order chi connectivity index (χ1) is 17.6. The molecule has 0 unspecified atom stereocenters. The molecule has 4 aromatic rings. The second-order valence-electron chi connectivity index (χ2n) is 8.70. The van der Waals surface area contributed by atoms with Crippen molar-refractivity contribution in [2.24, 2.45) is 0 Å². The number of amides is 1. The van der Waals surface area contributed by atoms with E-state index in [1.165, 1.54) is 16.8 Å². The average molecular weight is 484 g/mol. The molecule has 0 saturated carbocycles. The lowest BCUT2D eigenvalue weighted by atomic mass is 10.0. The smallest absolute Gasteiger partial charge is 0.346 e. The van der Waals surface area contributed by atoms with Crippen LogP contribution in [0.4, 0.5) is 20.6 Å². The average Bonchev–Trinajstić information content (AvgIpc) is 3.56. The number of benzene rings is 3. The number of carbonyl (C=O) groups excluding carboxylic acids is 1. The van der Waals surface area contributed by atoms with Crippen LogP contribution in [0.3, 0.4) is 0 Å². The third-order valence-corrected chi connectivity index (χ3v) is 6.60. The SMILES string of the molecule is N#Cc1ccc2nnn(C(=O)N3CCC(N(c4ccc(F)cc4)c4ccc5c(c4)OCO5)CC3)c2c1. The Kier molecular flexibility index (Phi) is 5.37. The van der Waals surface area contributed by atoms with Crippen LogP contribution >= 0.6 is 0 Å². The Hall–Kier alpha value is -4.65. The number of halogens is 1. The van der Waals surface area contributed by atoms with Gasteiger partial charge in [0.05, 0.1) is 11.6 Å². The molecule has 9 nitrogen and oxygen atoms in total. The van der Waals surface area contributed by atoms with E-state index in [2.05, 4.69) is 21.3 Å². The van der Waals surface area contributed by atoms with Crippen molar-refractivity contribution in [3.63, 3.8) is 0 Å². The maximum atomic E-state index is 13.7. The zero-order valence-electron chi connectivity index (χ0n) is 19.2. The number of anilines is 2. The molecule has 0 aliphatic carbocycles. The minimum Gasteiger partial charge on any atom is -0.454 e. The molecule has 0 spiro atoms. The number of fused-ring (bicyclic) bond motifs is 2. The molecule has 10 heteroatoms. The van der Waals surface area contributed by atoms with Gasteiger partial charge < -0.3 is 19.3 Å². The first-order valence-electron chi connectivity index (χ1n) is 11.6. The number of likely N-dealkylation sites (tertiary alicyclic amines) is 1. The number of hydrogen-bond donors (Lipinski definition) is 0. The first-order valence-corrected chi connectivity index (χ1v) is 11.6. The summed E-state index contributed by atoms with van der Waals surface area (Å²) >= 11 is 0. The summed E-state index contributed by atoms with van der Waals surface area (Å²) in [5.41, 5.74) is 3.27. The third-order valence-electron chi connectivity index (χ3n) is 6.60. The maximum absolute atomic E-state index is 13.7. The van der Waals surface area contributed by atoms with E-state index in [0.717, 1.165) is 11.4 Å². The highest BCUT2D eigenvalue weighted by Gasteiger charge is 2.30. The van der Waals surface area contributed by atoms with E-state index in [1.807, 2.05) is 18.2 Å². The summed E-state index contributed by atoms with van der Waals surface area (Å²) in [6.07, 6.45) is 1.38. The molecule has 1 fully saturated rings. The summed E-state index contributed by atoms with van der Waals surface area (Å²) < 4.78 is 26.0. The molecule has 1 saturated heterocycles. The lowest BCUT2D eigenvalue weighted by Crippen LogP contribution is -2.47. The predicted octanol–water partition coefficient (Wildman–Crippen LogP) is 4.44. The monoisotopic (exact) mass is 484 g/mol. The van der Waals surface area contributed by atoms with Gasteiger partial charge in [-0.3, -0.25) is 0 Å². The topological polar surface area (TPSA) is 96.5 Å². The molecule has 0 radical (unpaired) electrons. The second kappa shape index (κ2) is 8.85. The van der Waals surface area contributed by atoms with Gasteiger partial charge in [-0.2, -0.15) is 9.94 Å². The zero-order chi connectivity index (χ0) is 24.6. The van der Waals surface area contributed by atoms with E-state index < -0.39 is 0 Å². The summed E-state index contributed by atoms with van der Waals surface area (Å²) in [4.78, 5) is 17.2. The summed E-state index contributed by atoms with van der Waals surface area (Å²) in [6, 6.07) is 19.0. The van der Waals surface area contributed by atoms with Gasteiger partial charge in [0.15, 0.2) is 11.5 Å². The van der Waals surface area contributed by atoms with E-state index in [0.29, 0.717) is 54.0 Å². The Morgan fingerprint density at radius 3 is 2.53 bits per heavy atom. The van der Waals surface area contributed by atoms with Gasteiger partial charge in [0.2, 0.25) is 6.79 Å². The van der Waals surface area contributed by atoms with Crippen molar-refractivity contribution < 1.29 is 18.7 Å². The van der Waals surface area contributed by atoms with Crippen LogP contribution in [0.15, 0.2) is 60.7 Å². The lowest BCUT2D eigenvalue weighted by molar-refractivity contribution is 0.174. The van der Waals surface area contributed by atoms with Crippen LogP contribution < -0.4 is 14.4 Å². The molecule has 2 aliphatic rings. The molecule has 3 heterocycles. The van der Waals surface area contributed by atoms with E-state index in [4.69, 9.17) is 9.47 Å². The van der Waals surface area contributed by atoms with Crippen LogP contribution in [0.1, 0.15) is 18.4 Å². The minimum atomic E-state index is -0.301. The molecule has 180 valence electrons. The molecule has 36 heavy (non-hydrogen) atoms. The van der Waals surface area contributed by atoms with E-state index in [1.54, 1.807) is 35.2 Å². The first kappa shape index (κ1) is 21.9. The number of rotatable bonds is 3. The Morgan fingerprint density at radius 2 is 1.75 bits per heavy atom. The van der Waals surface area contributed by atoms with E-state index >= 15 is 0 Å². The Labute approximate surface area is 205 Å². The fourth-order valence-electron chi connectivity index (χ4n) is 4.79. The Balaban J connectivity index is 1.25. The normalized spacial score (nSPS) is 15.2. The summed E-state index contributed by atoms with van der Waals surface area (Å²) in [5.74, 6) is 1.06. The number of nitriles is 1. The molecule has 1 amide bonds. The highest BCUT2D eigenvalue weighted by molar-refractivity contribution is 5.88. The second-order valence-corrected chi connectivity index (χ2v) is 8.70. The predicted molar refractivity (Wildman–Crippen MR) is 129 cm³/mol. The molecule has 2 aliphatic heterocycles. The number of hydrogen-bond acceptors (Lipinski definition) is 7. The molecule has 0 atom stereocenters. The molecule has 6 rings (SSSR count). The standard InChI is InChI=1S/C26H21FN6O3/c27-18-2-4-19(5-3-18)32(21-6-8-24-25(14-21)36-16-35-24)20-9-11-31(12-10-20)26(34)33-23-13-17(15-28)1-7-22(23)29-30-33/h1-8,13-14,20H,9-12,16H2. The Bertz CT molecular complexity index is 1490. The van der Waals surface area contributed by atoms with E-state index in [9.17, 15) is 14.4 Å². The quantitative estimate of drug-likeness (QED) is 0.424. The van der Waals surface area contributed by atoms with Gasteiger partial charge in [-0.15, -0.1) is 5.10 Å². The molecule has 0 N–H and O–H groups in total. The Morgan fingerprint density at radius 1 is 1.00 bits per heavy atom. The molecule has 3 aromatic carbocycles. The van der Waals surface area contributed by atoms with Gasteiger partial charge in [0.1, 0.15) is 16.9 Å². The highest BCUT2D eigenvalue weighted by Crippen LogP contribution is 2.39. The minimum absolute atomic E-state index is 0.0672. The van der Waals surface area contributed by atoms with Gasteiger partial charge in [-0.25, -0.2) is 9.18 Å². The van der Waals surface area contributed by atoms with Crippen molar-refractivity contribution >= 4 is 28.4 Å². The number of nitrogens with zero attached hydrogens (tertiary/aromatic N) is 6. The summed E-state index contributed by atoms with van der Waals surface area (Å²) in [6.45, 7) is 1.19. The maximum Gasteiger partial charge on any atom is 0.346 e. The number of aromatic nitrogens is 3. The molecular formula is C26H21FN6O3. The van der Waals surface area contributed by atoms with E-state index in [-0.39, 0.29) is 24.7 Å². The lowest BCUT2D eigenvalue weighted by Gasteiger charge is -2.39. The van der Waals surface area contributed by atoms with Crippen LogP contribution in [-0.2, 0) is 0 Å². The van der Waals surface area contributed by atoms with Gasteiger partial charge in [-0.05, 0) is 67.4 Å². The third kappa shape index (κ3) is 3.84. The van der Waals surface area contributed by atoms with Crippen molar-refractivity contribution in [1.29, 1.82) is 5.26 Å². The van der Waals surface area contributed by atoms with Crippen molar-refractivity contribution in [3.8, 4) is 17.6 Å². The summed E-state index contributed by atoms with van der Waals surface area (Å²) in [7, 11) is 0. The zero-order valence-corrected chi connectivity index (χ0v) is 19.2. The number of carbonyl (C=O) groups is 1. The van der Waals surface area contributed by atoms with Crippen LogP contribution in [0.25, 0.3) is 11.0 Å². The molecule has 1 aromatic heterocycles. The van der Waals surface area contributed by atoms with Crippen LogP contribution in [0, 0.1) is 17.1 Å². The van der Waals surface area contributed by atoms with Crippen molar-refractivity contribution in [2.45, 2.75) is 18.9 Å². The number of ether oxygens (including phenoxy) is 2. The fraction of sp³-hybridized carbons (Fsp3) is 0.231. The van der Waals surface area contributed by atoms with Gasteiger partial charge in [0.25, 0.3) is 0 Å². The van der Waals surface area contributed by atoms with Gasteiger partial charge in [-0.1, -0.05) is 5.21 Å². The van der Waals surface area contributed by atoms with Crippen molar-refractivity contribution in [1.82, 2.24) is 19.9 Å². The van der Waals surface area contributed by atoms with Gasteiger partial charge in [0, 0.05) is 36.6 Å². The van der Waals surface area contributed by atoms with Crippen molar-refractivity contribution in [2.75, 3.05) is 24.8 Å². The highest BCUT2D eigenvalue weighted by atomic mass is 19.1. The van der Waals surface area contributed by atoms with Crippen LogP contribution in [-0.4, -0.2) is 51.8 Å². The van der Waals surface area contributed by atoms with Crippen LogP contribution in [0.2, 0.25) is 0 Å². The largest absolute Gasteiger partial charge is 0.454 e. The molecule has 0 bridgehead atoms. The van der Waals surface area contributed by atoms with Crippen molar-refractivity contribution in [3.05, 3.63) is 72.0 Å². The fourth-order valence-corrected chi connectivity index (χ4v) is 4.79. The van der Waals surface area contributed by atoms with Crippen LogP contribution in [0.5, 0.6) is 11.5 Å². The molecular weight excluding hydrogens is 463 g/mol. The summed E-state index contributed by atoms with van der Waals surface area (Å²) in [5, 5.41) is 17.3.